The van der Waals surface area contributed by atoms with Crippen molar-refractivity contribution in [1.29, 1.82) is 0 Å². The summed E-state index contributed by atoms with van der Waals surface area (Å²) in [6.45, 7) is 0.552. The van der Waals surface area contributed by atoms with E-state index in [1.807, 2.05) is 36.1 Å². The molecule has 0 atom stereocenters. The van der Waals surface area contributed by atoms with E-state index >= 15 is 0 Å². The number of carbonyl (C=O) groups excluding carboxylic acids is 1. The molecule has 0 aliphatic rings. The lowest BCUT2D eigenvalue weighted by Crippen LogP contribution is -2.26. The van der Waals surface area contributed by atoms with Crippen molar-refractivity contribution >= 4 is 23.2 Å². The molecule has 3 rings (SSSR count). The van der Waals surface area contributed by atoms with Crippen molar-refractivity contribution in [3.8, 4) is 0 Å². The second kappa shape index (κ2) is 7.56. The van der Waals surface area contributed by atoms with Gasteiger partial charge in [-0.1, -0.05) is 0 Å². The molecule has 0 saturated carbocycles. The van der Waals surface area contributed by atoms with Gasteiger partial charge in [0.1, 0.15) is 18.6 Å². The standard InChI is InChI=1S/C18H18N6O2/c1-23-9-7-13(8-10-23)12-24-17(19)16(11-20-24)22-21-15-5-3-14(4-6-15)18(25)26-2/h3-11H,12H2,1-2H3,(H-,19,20,21,25)/p+1. The van der Waals surface area contributed by atoms with Crippen molar-refractivity contribution in [1.82, 2.24) is 9.78 Å². The van der Waals surface area contributed by atoms with Crippen LogP contribution in [0, 0.1) is 0 Å². The van der Waals surface area contributed by atoms with Crippen LogP contribution >= 0.6 is 0 Å². The highest BCUT2D eigenvalue weighted by atomic mass is 16.5. The van der Waals surface area contributed by atoms with Crippen LogP contribution in [-0.4, -0.2) is 22.9 Å². The van der Waals surface area contributed by atoms with Crippen LogP contribution in [0.3, 0.4) is 0 Å². The molecular weight excluding hydrogens is 332 g/mol. The molecule has 2 heterocycles. The van der Waals surface area contributed by atoms with Crippen molar-refractivity contribution in [2.24, 2.45) is 17.3 Å². The van der Waals surface area contributed by atoms with Gasteiger partial charge >= 0.3 is 5.97 Å². The van der Waals surface area contributed by atoms with E-state index < -0.39 is 5.97 Å². The Labute approximate surface area is 150 Å². The van der Waals surface area contributed by atoms with Gasteiger partial charge in [-0.2, -0.15) is 10.2 Å². The van der Waals surface area contributed by atoms with Crippen LogP contribution in [0.15, 0.2) is 65.2 Å². The number of pyridine rings is 1. The largest absolute Gasteiger partial charge is 0.465 e. The minimum absolute atomic E-state index is 0.395. The van der Waals surface area contributed by atoms with E-state index in [2.05, 4.69) is 20.1 Å². The Morgan fingerprint density at radius 2 is 1.88 bits per heavy atom. The molecule has 26 heavy (non-hydrogen) atoms. The topological polar surface area (TPSA) is 98.7 Å². The third-order valence-corrected chi connectivity index (χ3v) is 3.80. The van der Waals surface area contributed by atoms with Gasteiger partial charge in [0.25, 0.3) is 0 Å². The Kier molecular flexibility index (Phi) is 5.02. The molecule has 0 unspecified atom stereocenters. The molecule has 8 heteroatoms. The summed E-state index contributed by atoms with van der Waals surface area (Å²) in [5.41, 5.74) is 8.73. The van der Waals surface area contributed by atoms with E-state index in [1.165, 1.54) is 7.11 Å². The van der Waals surface area contributed by atoms with Crippen molar-refractivity contribution in [2.75, 3.05) is 12.8 Å². The van der Waals surface area contributed by atoms with E-state index in [0.717, 1.165) is 5.56 Å². The predicted octanol–water partition coefficient (Wildman–Crippen LogP) is 2.54. The number of methoxy groups -OCH3 is 1. The zero-order valence-corrected chi connectivity index (χ0v) is 14.5. The van der Waals surface area contributed by atoms with Crippen molar-refractivity contribution in [3.63, 3.8) is 0 Å². The fourth-order valence-corrected chi connectivity index (χ4v) is 2.29. The Hall–Kier alpha value is -3.55. The van der Waals surface area contributed by atoms with Gasteiger partial charge in [0.15, 0.2) is 12.4 Å². The van der Waals surface area contributed by atoms with Gasteiger partial charge in [-0.05, 0) is 29.8 Å². The number of benzene rings is 1. The molecule has 0 fully saturated rings. The summed E-state index contributed by atoms with van der Waals surface area (Å²) >= 11 is 0. The van der Waals surface area contributed by atoms with E-state index in [9.17, 15) is 4.79 Å². The van der Waals surface area contributed by atoms with Crippen LogP contribution in [0.25, 0.3) is 0 Å². The van der Waals surface area contributed by atoms with Crippen molar-refractivity contribution in [2.45, 2.75) is 6.54 Å². The van der Waals surface area contributed by atoms with Crippen LogP contribution in [0.4, 0.5) is 17.2 Å². The Balaban J connectivity index is 1.72. The molecule has 0 bridgehead atoms. The number of hydrogen-bond acceptors (Lipinski definition) is 6. The highest BCUT2D eigenvalue weighted by Gasteiger charge is 2.08. The molecule has 8 nitrogen and oxygen atoms in total. The number of nitrogens with two attached hydrogens (primary N) is 1. The number of ether oxygens (including phenoxy) is 1. The number of azo groups is 1. The number of carbonyl (C=O) groups is 1. The molecule has 0 amide bonds. The molecule has 2 aromatic heterocycles. The summed E-state index contributed by atoms with van der Waals surface area (Å²) in [6, 6.07) is 10.6. The molecule has 0 spiro atoms. The summed E-state index contributed by atoms with van der Waals surface area (Å²) in [7, 11) is 3.30. The molecule has 132 valence electrons. The smallest absolute Gasteiger partial charge is 0.337 e. The second-order valence-corrected chi connectivity index (χ2v) is 5.68. The Morgan fingerprint density at radius 3 is 2.54 bits per heavy atom. The lowest BCUT2D eigenvalue weighted by molar-refractivity contribution is -0.671. The summed E-state index contributed by atoms with van der Waals surface area (Å²) in [5, 5.41) is 12.5. The van der Waals surface area contributed by atoms with Crippen LogP contribution in [-0.2, 0) is 18.3 Å². The van der Waals surface area contributed by atoms with E-state index in [4.69, 9.17) is 5.73 Å². The first-order valence-electron chi connectivity index (χ1n) is 7.92. The number of anilines is 1. The zero-order valence-electron chi connectivity index (χ0n) is 14.5. The first-order chi connectivity index (χ1) is 12.6. The molecule has 0 aliphatic carbocycles. The first kappa shape index (κ1) is 17.3. The van der Waals surface area contributed by atoms with Crippen LogP contribution < -0.4 is 10.3 Å². The van der Waals surface area contributed by atoms with Crippen LogP contribution in [0.2, 0.25) is 0 Å². The summed E-state index contributed by atoms with van der Waals surface area (Å²) in [4.78, 5) is 11.4. The molecule has 0 saturated heterocycles. The third-order valence-electron chi connectivity index (χ3n) is 3.80. The number of hydrogen-bond donors (Lipinski definition) is 1. The molecule has 2 N–H and O–H groups in total. The molecule has 0 aliphatic heterocycles. The summed E-state index contributed by atoms with van der Waals surface area (Å²) in [5.74, 6) is 0.0432. The third kappa shape index (κ3) is 3.92. The highest BCUT2D eigenvalue weighted by molar-refractivity contribution is 5.89. The van der Waals surface area contributed by atoms with Gasteiger partial charge in [0.05, 0.1) is 31.1 Å². The summed E-state index contributed by atoms with van der Waals surface area (Å²) < 4.78 is 8.29. The minimum atomic E-state index is -0.395. The van der Waals surface area contributed by atoms with Crippen LogP contribution in [0.5, 0.6) is 0 Å². The number of aryl methyl sites for hydroxylation is 1. The maximum Gasteiger partial charge on any atom is 0.337 e. The van der Waals surface area contributed by atoms with Gasteiger partial charge < -0.3 is 10.5 Å². The van der Waals surface area contributed by atoms with E-state index in [0.29, 0.717) is 29.3 Å². The van der Waals surface area contributed by atoms with Gasteiger partial charge in [-0.15, -0.1) is 5.11 Å². The number of aromatic nitrogens is 3. The van der Waals surface area contributed by atoms with Crippen molar-refractivity contribution < 1.29 is 14.1 Å². The van der Waals surface area contributed by atoms with Gasteiger partial charge in [-0.3, -0.25) is 0 Å². The lowest BCUT2D eigenvalue weighted by atomic mass is 10.2. The average molecular weight is 351 g/mol. The monoisotopic (exact) mass is 351 g/mol. The Morgan fingerprint density at radius 1 is 1.19 bits per heavy atom. The zero-order chi connectivity index (χ0) is 18.5. The van der Waals surface area contributed by atoms with Gasteiger partial charge in [0.2, 0.25) is 0 Å². The number of rotatable bonds is 5. The van der Waals surface area contributed by atoms with E-state index in [1.54, 1.807) is 35.1 Å². The second-order valence-electron chi connectivity index (χ2n) is 5.68. The predicted molar refractivity (Wildman–Crippen MR) is 95.3 cm³/mol. The maximum atomic E-state index is 11.4. The van der Waals surface area contributed by atoms with Gasteiger partial charge in [-0.25, -0.2) is 14.0 Å². The number of nitrogens with zero attached hydrogens (tertiary/aromatic N) is 5. The normalized spacial score (nSPS) is 11.0. The van der Waals surface area contributed by atoms with E-state index in [-0.39, 0.29) is 0 Å². The number of esters is 1. The first-order valence-corrected chi connectivity index (χ1v) is 7.92. The van der Waals surface area contributed by atoms with Crippen molar-refractivity contribution in [3.05, 3.63) is 66.1 Å². The van der Waals surface area contributed by atoms with Crippen LogP contribution in [0.1, 0.15) is 15.9 Å². The molecule has 0 radical (unpaired) electrons. The maximum absolute atomic E-state index is 11.4. The minimum Gasteiger partial charge on any atom is -0.465 e. The summed E-state index contributed by atoms with van der Waals surface area (Å²) in [6.07, 6.45) is 5.51. The fraction of sp³-hybridized carbons (Fsp3) is 0.167. The average Bonchev–Trinajstić information content (AvgIpc) is 3.01. The molecular formula is C18H19N6O2+. The quantitative estimate of drug-likeness (QED) is 0.434. The lowest BCUT2D eigenvalue weighted by Gasteiger charge is -2.03. The Bertz CT molecular complexity index is 929. The molecule has 1 aromatic carbocycles. The number of nitrogen functional groups attached to an aromatic ring is 1. The molecule has 3 aromatic rings. The highest BCUT2D eigenvalue weighted by Crippen LogP contribution is 2.25. The van der Waals surface area contributed by atoms with Gasteiger partial charge in [0, 0.05) is 12.1 Å². The SMILES string of the molecule is COC(=O)c1ccc(N=Nc2cnn(Cc3cc[n+](C)cc3)c2N)cc1. The fourth-order valence-electron chi connectivity index (χ4n) is 2.29.